The van der Waals surface area contributed by atoms with Crippen LogP contribution >= 0.6 is 0 Å². The quantitative estimate of drug-likeness (QED) is 0.698. The molecule has 0 bridgehead atoms. The highest BCUT2D eigenvalue weighted by atomic mass is 16.5. The maximum Gasteiger partial charge on any atom is 0.274 e. The Kier molecular flexibility index (Phi) is 7.26. The molecule has 2 amide bonds. The second kappa shape index (κ2) is 10.3. The summed E-state index contributed by atoms with van der Waals surface area (Å²) in [5.41, 5.74) is 1.98. The van der Waals surface area contributed by atoms with Crippen LogP contribution < -0.4 is 4.74 Å². The minimum absolute atomic E-state index is 0.102. The van der Waals surface area contributed by atoms with Gasteiger partial charge in [-0.05, 0) is 57.6 Å². The number of likely N-dealkylation sites (tertiary alicyclic amines) is 1. The number of hydrogen-bond donors (Lipinski definition) is 0. The zero-order valence-electron chi connectivity index (χ0n) is 19.8. The highest BCUT2D eigenvalue weighted by molar-refractivity contribution is 5.92. The van der Waals surface area contributed by atoms with Crippen LogP contribution in [0.3, 0.4) is 0 Å². The lowest BCUT2D eigenvalue weighted by Crippen LogP contribution is -2.52. The van der Waals surface area contributed by atoms with E-state index in [1.807, 2.05) is 35.8 Å². The number of ether oxygens (including phenoxy) is 1. The molecule has 7 heteroatoms. The molecule has 0 saturated carbocycles. The maximum atomic E-state index is 13.7. The lowest BCUT2D eigenvalue weighted by atomic mass is 9.73. The van der Waals surface area contributed by atoms with Crippen molar-refractivity contribution in [2.75, 3.05) is 32.8 Å². The van der Waals surface area contributed by atoms with Crippen molar-refractivity contribution in [2.24, 2.45) is 5.41 Å². The Morgan fingerprint density at radius 2 is 1.85 bits per heavy atom. The Labute approximate surface area is 196 Å². The minimum atomic E-state index is -0.412. The molecule has 0 atom stereocenters. The summed E-state index contributed by atoms with van der Waals surface area (Å²) in [6, 6.07) is 8.21. The molecule has 2 aliphatic rings. The Morgan fingerprint density at radius 1 is 1.06 bits per heavy atom. The molecule has 0 unspecified atom stereocenters. The van der Waals surface area contributed by atoms with Crippen LogP contribution in [0.25, 0.3) is 0 Å². The number of piperidine rings is 1. The van der Waals surface area contributed by atoms with E-state index < -0.39 is 5.41 Å². The first-order chi connectivity index (χ1) is 16.0. The van der Waals surface area contributed by atoms with Gasteiger partial charge in [-0.15, -0.1) is 0 Å². The summed E-state index contributed by atoms with van der Waals surface area (Å²) in [4.78, 5) is 38.9. The summed E-state index contributed by atoms with van der Waals surface area (Å²) < 4.78 is 6.06. The Morgan fingerprint density at radius 3 is 2.58 bits per heavy atom. The number of aryl methyl sites for hydroxylation is 2. The first-order valence-corrected chi connectivity index (χ1v) is 12.1. The third-order valence-corrected chi connectivity index (χ3v) is 7.07. The number of benzene rings is 1. The molecule has 176 valence electrons. The predicted molar refractivity (Wildman–Crippen MR) is 126 cm³/mol. The molecule has 1 saturated heterocycles. The van der Waals surface area contributed by atoms with Crippen LogP contribution in [0.4, 0.5) is 0 Å². The zero-order chi connectivity index (χ0) is 23.3. The molecule has 0 aliphatic carbocycles. The van der Waals surface area contributed by atoms with Crippen LogP contribution in [0.15, 0.2) is 36.7 Å². The molecule has 1 spiro atoms. The number of likely N-dealkylation sites (N-methyl/N-ethyl adjacent to an activating group) is 1. The van der Waals surface area contributed by atoms with Crippen molar-refractivity contribution in [3.8, 4) is 5.75 Å². The van der Waals surface area contributed by atoms with E-state index >= 15 is 0 Å². The van der Waals surface area contributed by atoms with Crippen molar-refractivity contribution < 1.29 is 14.3 Å². The van der Waals surface area contributed by atoms with E-state index in [1.165, 1.54) is 5.56 Å². The number of nitrogens with zero attached hydrogens (tertiary/aromatic N) is 4. The van der Waals surface area contributed by atoms with Crippen molar-refractivity contribution >= 4 is 11.8 Å². The summed E-state index contributed by atoms with van der Waals surface area (Å²) in [7, 11) is 0. The van der Waals surface area contributed by atoms with Gasteiger partial charge in [-0.3, -0.25) is 14.6 Å². The smallest absolute Gasteiger partial charge is 0.274 e. The fraction of sp³-hybridized carbons (Fsp3) is 0.538. The first kappa shape index (κ1) is 23.2. The molecule has 1 aromatic carbocycles. The highest BCUT2D eigenvalue weighted by Crippen LogP contribution is 2.39. The summed E-state index contributed by atoms with van der Waals surface area (Å²) >= 11 is 0. The Hall–Kier alpha value is -2.96. The van der Waals surface area contributed by atoms with E-state index in [9.17, 15) is 9.59 Å². The number of fused-ring (bicyclic) bond motifs is 1. The van der Waals surface area contributed by atoms with Crippen LogP contribution in [0, 0.1) is 12.3 Å². The summed E-state index contributed by atoms with van der Waals surface area (Å²) in [5, 5.41) is 0. The molecule has 1 aromatic heterocycles. The second-order valence-corrected chi connectivity index (χ2v) is 9.16. The molecule has 2 aromatic rings. The monoisotopic (exact) mass is 450 g/mol. The molecule has 33 heavy (non-hydrogen) atoms. The maximum absolute atomic E-state index is 13.7. The number of rotatable bonds is 2. The van der Waals surface area contributed by atoms with Crippen molar-refractivity contribution in [3.05, 3.63) is 53.6 Å². The van der Waals surface area contributed by atoms with Gasteiger partial charge in [0.2, 0.25) is 5.91 Å². The molecule has 0 N–H and O–H groups in total. The predicted octanol–water partition coefficient (Wildman–Crippen LogP) is 3.66. The molecule has 2 aliphatic heterocycles. The highest BCUT2D eigenvalue weighted by Gasteiger charge is 2.43. The topological polar surface area (TPSA) is 75.6 Å². The number of hydrogen-bond acceptors (Lipinski definition) is 5. The van der Waals surface area contributed by atoms with E-state index in [2.05, 4.69) is 22.1 Å². The zero-order valence-corrected chi connectivity index (χ0v) is 19.8. The molecular weight excluding hydrogens is 416 g/mol. The van der Waals surface area contributed by atoms with Gasteiger partial charge in [0.05, 0.1) is 23.9 Å². The average Bonchev–Trinajstić information content (AvgIpc) is 2.84. The average molecular weight is 451 g/mol. The van der Waals surface area contributed by atoms with E-state index in [-0.39, 0.29) is 11.8 Å². The van der Waals surface area contributed by atoms with Crippen LogP contribution in [-0.2, 0) is 11.2 Å². The first-order valence-electron chi connectivity index (χ1n) is 12.1. The number of aromatic nitrogens is 2. The van der Waals surface area contributed by atoms with Gasteiger partial charge in [0.1, 0.15) is 18.1 Å². The third kappa shape index (κ3) is 5.18. The van der Waals surface area contributed by atoms with Crippen molar-refractivity contribution in [2.45, 2.75) is 52.4 Å². The Balaban J connectivity index is 1.48. The molecular formula is C26H34N4O3. The molecule has 1 fully saturated rings. The number of para-hydroxylation sites is 1. The largest absolute Gasteiger partial charge is 0.491 e. The lowest BCUT2D eigenvalue weighted by molar-refractivity contribution is -0.145. The fourth-order valence-corrected chi connectivity index (χ4v) is 5.01. The molecule has 4 rings (SSSR count). The number of carbonyl (C=O) groups is 2. The second-order valence-electron chi connectivity index (χ2n) is 9.16. The van der Waals surface area contributed by atoms with Gasteiger partial charge in [0.15, 0.2) is 0 Å². The third-order valence-electron chi connectivity index (χ3n) is 7.07. The van der Waals surface area contributed by atoms with Gasteiger partial charge in [-0.25, -0.2) is 4.98 Å². The summed E-state index contributed by atoms with van der Waals surface area (Å²) in [6.07, 6.45) is 8.34. The van der Waals surface area contributed by atoms with Crippen LogP contribution in [0.2, 0.25) is 0 Å². The van der Waals surface area contributed by atoms with E-state index in [1.54, 1.807) is 12.4 Å². The van der Waals surface area contributed by atoms with Crippen LogP contribution in [-0.4, -0.2) is 64.4 Å². The van der Waals surface area contributed by atoms with Crippen LogP contribution in [0.1, 0.15) is 60.8 Å². The summed E-state index contributed by atoms with van der Waals surface area (Å²) in [5.74, 6) is 1.04. The van der Waals surface area contributed by atoms with Gasteiger partial charge in [0.25, 0.3) is 5.91 Å². The minimum Gasteiger partial charge on any atom is -0.491 e. The van der Waals surface area contributed by atoms with Crippen molar-refractivity contribution in [1.29, 1.82) is 0 Å². The van der Waals surface area contributed by atoms with Gasteiger partial charge < -0.3 is 14.5 Å². The fourth-order valence-electron chi connectivity index (χ4n) is 5.01. The van der Waals surface area contributed by atoms with E-state index in [4.69, 9.17) is 4.74 Å². The van der Waals surface area contributed by atoms with E-state index in [0.717, 1.165) is 37.1 Å². The Bertz CT molecular complexity index is 968. The van der Waals surface area contributed by atoms with Crippen molar-refractivity contribution in [1.82, 2.24) is 19.8 Å². The van der Waals surface area contributed by atoms with Gasteiger partial charge >= 0.3 is 0 Å². The standard InChI is InChI=1S/C26H34N4O3/c1-3-29-16-17-33-23-10-5-4-8-21(23)9-6-7-11-26(25(29)32)12-14-30(15-13-26)24(31)22-19-27-20(2)18-28-22/h4-5,8,10,18-19H,3,6-7,9,11-17H2,1-2H3. The van der Waals surface area contributed by atoms with Gasteiger partial charge in [-0.2, -0.15) is 0 Å². The van der Waals surface area contributed by atoms with Crippen LogP contribution in [0.5, 0.6) is 5.75 Å². The molecule has 0 radical (unpaired) electrons. The van der Waals surface area contributed by atoms with Gasteiger partial charge in [-0.1, -0.05) is 24.6 Å². The molecule has 3 heterocycles. The lowest BCUT2D eigenvalue weighted by Gasteiger charge is -2.43. The SMILES string of the molecule is CCN1CCOc2ccccc2CCCCC2(CCN(C(=O)c3cnc(C)cn3)CC2)C1=O. The summed E-state index contributed by atoms with van der Waals surface area (Å²) in [6.45, 7) is 6.74. The number of carbonyl (C=O) groups excluding carboxylic acids is 2. The van der Waals surface area contributed by atoms with Gasteiger partial charge in [0, 0.05) is 25.8 Å². The molecule has 7 nitrogen and oxygen atoms in total. The van der Waals surface area contributed by atoms with E-state index in [0.29, 0.717) is 51.3 Å². The normalized spacial score (nSPS) is 19.3. The number of amides is 2. The van der Waals surface area contributed by atoms with Crippen molar-refractivity contribution in [3.63, 3.8) is 0 Å².